The molecular formula is C28H11BF15OTi-3. The smallest absolute Gasteiger partial charge is 0.214 e. The summed E-state index contributed by atoms with van der Waals surface area (Å²) in [5.74, 6) is -47.9. The molecule has 1 nitrogen and oxygen atoms in total. The molecule has 0 aliphatic heterocycles. The number of halogens is 15. The van der Waals surface area contributed by atoms with E-state index in [1.807, 2.05) is 60.7 Å². The van der Waals surface area contributed by atoms with Crippen LogP contribution >= 0.6 is 0 Å². The van der Waals surface area contributed by atoms with E-state index in [4.69, 9.17) is 0 Å². The summed E-state index contributed by atoms with van der Waals surface area (Å²) in [6, 6.07) is 20.0. The maximum Gasteiger partial charge on any atom is 0.214 e. The Labute approximate surface area is 263 Å². The van der Waals surface area contributed by atoms with E-state index in [2.05, 4.69) is 0 Å². The predicted octanol–water partition coefficient (Wildman–Crippen LogP) is 6.54. The van der Waals surface area contributed by atoms with Crippen LogP contribution in [0.25, 0.3) is 0 Å². The van der Waals surface area contributed by atoms with Crippen molar-refractivity contribution in [3.05, 3.63) is 148 Å². The molecule has 0 saturated heterocycles. The van der Waals surface area contributed by atoms with Crippen LogP contribution in [0.4, 0.5) is 65.9 Å². The fourth-order valence-corrected chi connectivity index (χ4v) is 4.04. The zero-order valence-electron chi connectivity index (χ0n) is 22.0. The molecule has 0 fully saturated rings. The normalized spacial score (nSPS) is 10.9. The summed E-state index contributed by atoms with van der Waals surface area (Å²) < 4.78 is 210. The second kappa shape index (κ2) is 15.1. The first-order chi connectivity index (χ1) is 21.0. The molecule has 1 N–H and O–H groups in total. The number of rotatable bonds is 3. The molecule has 0 saturated carbocycles. The molecule has 0 bridgehead atoms. The first kappa shape index (κ1) is 38.2. The molecule has 5 aromatic carbocycles. The van der Waals surface area contributed by atoms with Crippen molar-refractivity contribution in [1.29, 1.82) is 0 Å². The van der Waals surface area contributed by atoms with Crippen LogP contribution in [0.5, 0.6) is 0 Å². The van der Waals surface area contributed by atoms with Gasteiger partial charge in [-0.25, -0.2) is 90.1 Å². The molecule has 18 heteroatoms. The Kier molecular flexibility index (Phi) is 12.5. The molecule has 244 valence electrons. The van der Waals surface area contributed by atoms with Crippen molar-refractivity contribution in [2.45, 2.75) is 0 Å². The first-order valence-corrected chi connectivity index (χ1v) is 11.8. The summed E-state index contributed by atoms with van der Waals surface area (Å²) in [5, 5.41) is 10.8. The van der Waals surface area contributed by atoms with Gasteiger partial charge >= 0.3 is 0 Å². The van der Waals surface area contributed by atoms with Gasteiger partial charge in [-0.05, 0) is 0 Å². The summed E-state index contributed by atoms with van der Waals surface area (Å²) in [6.07, 6.45) is -6.41. The maximum atomic E-state index is 14.5. The minimum Gasteiger partial charge on any atom is -0.594 e. The maximum absolute atomic E-state index is 14.5. The van der Waals surface area contributed by atoms with Gasteiger partial charge in [0.25, 0.3) is 0 Å². The van der Waals surface area contributed by atoms with Gasteiger partial charge in [-0.1, -0.05) is 16.4 Å². The second-order valence-corrected chi connectivity index (χ2v) is 8.70. The molecule has 5 aromatic rings. The third-order valence-corrected chi connectivity index (χ3v) is 6.10. The van der Waals surface area contributed by atoms with Gasteiger partial charge in [0.05, 0.1) is 0 Å². The molecule has 0 spiro atoms. The van der Waals surface area contributed by atoms with E-state index in [-0.39, 0.29) is 21.7 Å². The zero-order chi connectivity index (χ0) is 34.0. The third kappa shape index (κ3) is 6.62. The third-order valence-electron chi connectivity index (χ3n) is 6.10. The standard InChI is InChI=1S/C18HBF15O.2C5H5.Ti/c20-4-1(5(21)11(27)16(32)10(4)26)19(35,2-6(22)12(28)17(33)13(29)7(2)23)3-8(24)14(30)18(34)15(31)9(3)25;2*1-2-4-5-3-1;/h35H;2*1-5H;/q3*-1;. The molecule has 0 aliphatic carbocycles. The Morgan fingerprint density at radius 3 is 0.609 bits per heavy atom. The minimum atomic E-state index is -6.41. The fourth-order valence-electron chi connectivity index (χ4n) is 4.04. The molecule has 0 radical (unpaired) electrons. The quantitative estimate of drug-likeness (QED) is 0.0744. The minimum absolute atomic E-state index is 0. The van der Waals surface area contributed by atoms with Gasteiger partial charge in [-0.2, -0.15) is 36.4 Å². The van der Waals surface area contributed by atoms with E-state index in [1.165, 1.54) is 0 Å². The summed E-state index contributed by atoms with van der Waals surface area (Å²) in [7, 11) is 0. The van der Waals surface area contributed by atoms with Crippen LogP contribution in [0, 0.1) is 87.3 Å². The molecule has 0 amide bonds. The van der Waals surface area contributed by atoms with Crippen LogP contribution in [0.2, 0.25) is 0 Å². The van der Waals surface area contributed by atoms with Crippen molar-refractivity contribution in [3.8, 4) is 0 Å². The number of hydrogen-bond donors (Lipinski definition) is 1. The largest absolute Gasteiger partial charge is 0.594 e. The van der Waals surface area contributed by atoms with Gasteiger partial charge in [0.1, 0.15) is 34.9 Å². The van der Waals surface area contributed by atoms with Crippen LogP contribution < -0.4 is 16.4 Å². The summed E-state index contributed by atoms with van der Waals surface area (Å²) in [6.45, 7) is 0. The van der Waals surface area contributed by atoms with Crippen molar-refractivity contribution >= 4 is 22.7 Å². The van der Waals surface area contributed by atoms with Gasteiger partial charge in [-0.3, -0.25) is 0 Å². The molecule has 0 unspecified atom stereocenters. The Hall–Kier alpha value is -3.95. The second-order valence-electron chi connectivity index (χ2n) is 8.70. The van der Waals surface area contributed by atoms with Gasteiger partial charge in [0, 0.05) is 21.7 Å². The monoisotopic (exact) mass is 707 g/mol. The van der Waals surface area contributed by atoms with Crippen LogP contribution in [0.1, 0.15) is 0 Å². The Morgan fingerprint density at radius 1 is 0.326 bits per heavy atom. The van der Waals surface area contributed by atoms with Gasteiger partial charge < -0.3 is 5.02 Å². The van der Waals surface area contributed by atoms with Crippen LogP contribution in [-0.2, 0) is 21.7 Å². The average molecular weight is 707 g/mol. The number of hydrogen-bond acceptors (Lipinski definition) is 1. The van der Waals surface area contributed by atoms with Crippen molar-refractivity contribution in [3.63, 3.8) is 0 Å². The van der Waals surface area contributed by atoms with Crippen molar-refractivity contribution in [2.75, 3.05) is 0 Å². The van der Waals surface area contributed by atoms with E-state index >= 15 is 0 Å². The Balaban J connectivity index is 0.000000565. The molecule has 0 aliphatic rings. The molecule has 0 aromatic heterocycles. The average Bonchev–Trinajstić information content (AvgIpc) is 3.79. The fraction of sp³-hybridized carbons (Fsp3) is 0. The molecule has 46 heavy (non-hydrogen) atoms. The number of benzene rings is 3. The van der Waals surface area contributed by atoms with Crippen LogP contribution in [0.3, 0.4) is 0 Å². The predicted molar refractivity (Wildman–Crippen MR) is 130 cm³/mol. The molecular weight excluding hydrogens is 696 g/mol. The van der Waals surface area contributed by atoms with Crippen molar-refractivity contribution in [2.24, 2.45) is 0 Å². The van der Waals surface area contributed by atoms with E-state index in [9.17, 15) is 70.9 Å². The SMILES string of the molecule is O[B-](c1c(F)c(F)c(F)c(F)c1F)(c1c(F)c(F)c(F)c(F)c1F)c1c(F)c(F)c(F)c(F)c1F.[Ti].c1cc[cH-]c1.c1cc[cH-]c1. The summed E-state index contributed by atoms with van der Waals surface area (Å²) >= 11 is 0. The van der Waals surface area contributed by atoms with Gasteiger partial charge in [0.15, 0.2) is 52.4 Å². The van der Waals surface area contributed by atoms with Crippen LogP contribution in [-0.4, -0.2) is 11.4 Å². The Bertz CT molecular complexity index is 1510. The van der Waals surface area contributed by atoms with Crippen molar-refractivity contribution < 1.29 is 92.6 Å². The summed E-state index contributed by atoms with van der Waals surface area (Å²) in [5.41, 5.74) is -9.23. The van der Waals surface area contributed by atoms with Gasteiger partial charge in [0.2, 0.25) is 6.35 Å². The van der Waals surface area contributed by atoms with Crippen molar-refractivity contribution in [1.82, 2.24) is 0 Å². The van der Waals surface area contributed by atoms with E-state index in [0.717, 1.165) is 0 Å². The summed E-state index contributed by atoms with van der Waals surface area (Å²) in [4.78, 5) is 0. The van der Waals surface area contributed by atoms with E-state index < -0.39 is 110 Å². The zero-order valence-corrected chi connectivity index (χ0v) is 23.5. The van der Waals surface area contributed by atoms with E-state index in [1.54, 1.807) is 0 Å². The van der Waals surface area contributed by atoms with Crippen LogP contribution in [0.15, 0.2) is 60.7 Å². The molecule has 0 heterocycles. The topological polar surface area (TPSA) is 20.2 Å². The first-order valence-electron chi connectivity index (χ1n) is 11.8. The Morgan fingerprint density at radius 2 is 0.478 bits per heavy atom. The molecule has 5 rings (SSSR count). The van der Waals surface area contributed by atoms with E-state index in [0.29, 0.717) is 0 Å². The van der Waals surface area contributed by atoms with Gasteiger partial charge in [-0.15, -0.1) is 0 Å². The molecule has 0 atom stereocenters.